The summed E-state index contributed by atoms with van der Waals surface area (Å²) >= 11 is 5.79. The van der Waals surface area contributed by atoms with Crippen molar-refractivity contribution in [1.82, 2.24) is 19.7 Å². The number of nitrogens with zero attached hydrogens (tertiary/aromatic N) is 5. The molecule has 1 aliphatic rings. The van der Waals surface area contributed by atoms with Crippen LogP contribution >= 0.6 is 11.6 Å². The molecule has 0 spiro atoms. The lowest BCUT2D eigenvalue weighted by Crippen LogP contribution is -2.52. The molecule has 1 aliphatic heterocycles. The predicted octanol–water partition coefficient (Wildman–Crippen LogP) is 4.28. The smallest absolute Gasteiger partial charge is 0.417 e. The van der Waals surface area contributed by atoms with Crippen LogP contribution in [0.1, 0.15) is 37.9 Å². The number of aromatic nitrogens is 3. The molecule has 0 atom stereocenters. The molecule has 154 valence electrons. The molecule has 1 saturated heterocycles. The molecule has 11 heteroatoms. The van der Waals surface area contributed by atoms with Crippen molar-refractivity contribution >= 4 is 17.7 Å². The van der Waals surface area contributed by atoms with Crippen molar-refractivity contribution in [1.29, 1.82) is 5.26 Å². The van der Waals surface area contributed by atoms with Crippen LogP contribution in [-0.4, -0.2) is 44.4 Å². The van der Waals surface area contributed by atoms with Gasteiger partial charge in [0.25, 0.3) is 0 Å². The van der Waals surface area contributed by atoms with Crippen molar-refractivity contribution in [3.05, 3.63) is 34.7 Å². The van der Waals surface area contributed by atoms with E-state index in [0.29, 0.717) is 18.7 Å². The number of pyridine rings is 1. The van der Waals surface area contributed by atoms with Crippen LogP contribution in [0, 0.1) is 11.3 Å². The van der Waals surface area contributed by atoms with E-state index in [1.165, 1.54) is 23.4 Å². The third-order valence-electron chi connectivity index (χ3n) is 4.18. The second-order valence-corrected chi connectivity index (χ2v) is 7.94. The van der Waals surface area contributed by atoms with Crippen LogP contribution < -0.4 is 0 Å². The number of amides is 1. The summed E-state index contributed by atoms with van der Waals surface area (Å²) < 4.78 is 46.5. The molecule has 0 unspecified atom stereocenters. The van der Waals surface area contributed by atoms with Crippen LogP contribution in [0.15, 0.2) is 18.5 Å². The van der Waals surface area contributed by atoms with Crippen molar-refractivity contribution in [2.24, 2.45) is 0 Å². The number of carbonyl (C=O) groups is 1. The van der Waals surface area contributed by atoms with Crippen LogP contribution in [0.4, 0.5) is 18.0 Å². The Hall–Kier alpha value is -2.80. The van der Waals surface area contributed by atoms with E-state index in [1.807, 2.05) is 0 Å². The van der Waals surface area contributed by atoms with E-state index < -0.39 is 34.2 Å². The van der Waals surface area contributed by atoms with E-state index in [4.69, 9.17) is 21.6 Å². The Morgan fingerprint density at radius 2 is 2.00 bits per heavy atom. The Morgan fingerprint density at radius 3 is 2.55 bits per heavy atom. The maximum absolute atomic E-state index is 13.2. The molecule has 2 aromatic rings. The highest BCUT2D eigenvalue weighted by atomic mass is 35.5. The molecule has 1 fully saturated rings. The summed E-state index contributed by atoms with van der Waals surface area (Å²) in [4.78, 5) is 17.4. The first-order chi connectivity index (χ1) is 13.4. The van der Waals surface area contributed by atoms with Crippen molar-refractivity contribution < 1.29 is 22.7 Å². The van der Waals surface area contributed by atoms with Crippen molar-refractivity contribution in [2.45, 2.75) is 38.6 Å². The number of nitriles is 1. The number of halogens is 4. The molecular formula is C18H17ClF3N5O2. The number of hydrogen-bond acceptors (Lipinski definition) is 5. The van der Waals surface area contributed by atoms with Crippen LogP contribution in [0.3, 0.4) is 0 Å². The Labute approximate surface area is 169 Å². The monoisotopic (exact) mass is 427 g/mol. The fraction of sp³-hybridized carbons (Fsp3) is 0.444. The number of likely N-dealkylation sites (tertiary alicyclic amines) is 1. The Balaban J connectivity index is 1.78. The third kappa shape index (κ3) is 4.45. The summed E-state index contributed by atoms with van der Waals surface area (Å²) in [6, 6.07) is 2.08. The first-order valence-electron chi connectivity index (χ1n) is 8.59. The van der Waals surface area contributed by atoms with Crippen LogP contribution in [-0.2, 0) is 10.9 Å². The Bertz CT molecular complexity index is 985. The van der Waals surface area contributed by atoms with Gasteiger partial charge in [0.15, 0.2) is 0 Å². The summed E-state index contributed by atoms with van der Waals surface area (Å²) in [6.45, 7) is 6.05. The van der Waals surface area contributed by atoms with Gasteiger partial charge in [0.1, 0.15) is 22.4 Å². The number of alkyl halides is 3. The molecule has 29 heavy (non-hydrogen) atoms. The van der Waals surface area contributed by atoms with Crippen LogP contribution in [0.5, 0.6) is 0 Å². The average Bonchev–Trinajstić information content (AvgIpc) is 2.99. The lowest BCUT2D eigenvalue weighted by atomic mass is 10.1. The van der Waals surface area contributed by atoms with E-state index in [9.17, 15) is 18.0 Å². The zero-order chi connectivity index (χ0) is 21.6. The van der Waals surface area contributed by atoms with Crippen molar-refractivity contribution in [3.8, 4) is 17.3 Å². The molecule has 3 rings (SSSR count). The van der Waals surface area contributed by atoms with Gasteiger partial charge in [-0.25, -0.2) is 9.78 Å². The molecule has 0 aliphatic carbocycles. The second kappa shape index (κ2) is 7.22. The van der Waals surface area contributed by atoms with E-state index in [1.54, 1.807) is 25.5 Å². The number of ether oxygens (including phenoxy) is 1. The topological polar surface area (TPSA) is 84.0 Å². The minimum atomic E-state index is -4.75. The van der Waals surface area contributed by atoms with Crippen LogP contribution in [0.25, 0.3) is 11.3 Å². The summed E-state index contributed by atoms with van der Waals surface area (Å²) in [5.41, 5.74) is -2.20. The summed E-state index contributed by atoms with van der Waals surface area (Å²) in [7, 11) is 0. The Kier molecular flexibility index (Phi) is 5.21. The van der Waals surface area contributed by atoms with Gasteiger partial charge in [-0.15, -0.1) is 0 Å². The first-order valence-corrected chi connectivity index (χ1v) is 8.97. The minimum Gasteiger partial charge on any atom is -0.444 e. The minimum absolute atomic E-state index is 0.0455. The summed E-state index contributed by atoms with van der Waals surface area (Å²) in [5, 5.41) is 12.6. The molecule has 0 radical (unpaired) electrons. The van der Waals surface area contributed by atoms with E-state index in [2.05, 4.69) is 10.1 Å². The molecule has 0 saturated carbocycles. The van der Waals surface area contributed by atoms with Gasteiger partial charge < -0.3 is 9.64 Å². The molecule has 0 aromatic carbocycles. The highest BCUT2D eigenvalue weighted by Crippen LogP contribution is 2.36. The highest BCUT2D eigenvalue weighted by molar-refractivity contribution is 6.30. The van der Waals surface area contributed by atoms with Gasteiger partial charge in [0, 0.05) is 24.8 Å². The fourth-order valence-electron chi connectivity index (χ4n) is 2.76. The standard InChI is InChI=1S/C18H17ClF3N5O2/c1-17(2,3)29-16(28)26-8-11(9-26)27-7-10(6-24-27)14-4-13(18(20,21)22)12(5-23)15(19)25-14/h4,6-7,11H,8-9H2,1-3H3. The van der Waals surface area contributed by atoms with E-state index in [0.717, 1.165) is 6.07 Å². The Morgan fingerprint density at radius 1 is 1.34 bits per heavy atom. The normalized spacial score (nSPS) is 15.0. The van der Waals surface area contributed by atoms with Gasteiger partial charge in [-0.3, -0.25) is 4.68 Å². The number of rotatable bonds is 2. The molecule has 0 N–H and O–H groups in total. The van der Waals surface area contributed by atoms with Crippen molar-refractivity contribution in [3.63, 3.8) is 0 Å². The molecule has 0 bridgehead atoms. The third-order valence-corrected chi connectivity index (χ3v) is 4.45. The van der Waals surface area contributed by atoms with Gasteiger partial charge in [-0.05, 0) is 26.8 Å². The summed E-state index contributed by atoms with van der Waals surface area (Å²) in [5.74, 6) is 0. The van der Waals surface area contributed by atoms with Gasteiger partial charge >= 0.3 is 12.3 Å². The van der Waals surface area contributed by atoms with E-state index in [-0.39, 0.29) is 11.7 Å². The largest absolute Gasteiger partial charge is 0.444 e. The zero-order valence-corrected chi connectivity index (χ0v) is 16.5. The van der Waals surface area contributed by atoms with Crippen LogP contribution in [0.2, 0.25) is 5.15 Å². The van der Waals surface area contributed by atoms with Gasteiger partial charge in [0.2, 0.25) is 0 Å². The molecule has 3 heterocycles. The molecule has 7 nitrogen and oxygen atoms in total. The van der Waals surface area contributed by atoms with Gasteiger partial charge in [0.05, 0.1) is 23.5 Å². The summed E-state index contributed by atoms with van der Waals surface area (Å²) in [6.07, 6.45) is -2.29. The van der Waals surface area contributed by atoms with Gasteiger partial charge in [-0.2, -0.15) is 23.5 Å². The highest BCUT2D eigenvalue weighted by Gasteiger charge is 2.37. The molecule has 1 amide bonds. The zero-order valence-electron chi connectivity index (χ0n) is 15.8. The molecule has 2 aromatic heterocycles. The fourth-order valence-corrected chi connectivity index (χ4v) is 3.00. The maximum Gasteiger partial charge on any atom is 0.417 e. The SMILES string of the molecule is CC(C)(C)OC(=O)N1CC(n2cc(-c3cc(C(F)(F)F)c(C#N)c(Cl)n3)cn2)C1. The lowest BCUT2D eigenvalue weighted by molar-refractivity contribution is -0.137. The number of carbonyl (C=O) groups excluding carboxylic acids is 1. The first kappa shape index (κ1) is 20.9. The van der Waals surface area contributed by atoms with E-state index >= 15 is 0 Å². The average molecular weight is 428 g/mol. The predicted molar refractivity (Wildman–Crippen MR) is 97.0 cm³/mol. The second-order valence-electron chi connectivity index (χ2n) is 7.58. The quantitative estimate of drug-likeness (QED) is 0.668. The number of hydrogen-bond donors (Lipinski definition) is 0. The van der Waals surface area contributed by atoms with Gasteiger partial charge in [-0.1, -0.05) is 11.6 Å². The maximum atomic E-state index is 13.2. The lowest BCUT2D eigenvalue weighted by Gasteiger charge is -2.39. The van der Waals surface area contributed by atoms with Crippen molar-refractivity contribution in [2.75, 3.05) is 13.1 Å². The molecular weight excluding hydrogens is 411 g/mol.